The number of carbonyl (C=O) groups excluding carboxylic acids is 1. The fraction of sp³-hybridized carbons (Fsp3) is 0.368. The number of primary amides is 1. The number of fused-ring (bicyclic) bond motifs is 1. The first-order valence-electron chi connectivity index (χ1n) is 8.96. The highest BCUT2D eigenvalue weighted by atomic mass is 16.5. The van der Waals surface area contributed by atoms with Crippen LogP contribution in [0.1, 0.15) is 48.9 Å². The average Bonchev–Trinajstić information content (AvgIpc) is 3.01. The van der Waals surface area contributed by atoms with Crippen LogP contribution < -0.4 is 20.9 Å². The number of para-hydroxylation sites is 1. The number of aromatic amines is 1. The van der Waals surface area contributed by atoms with Gasteiger partial charge in [0, 0.05) is 5.92 Å². The average molecular weight is 385 g/mol. The SMILES string of the molecule is CCC[C@@H](C)c1nc(C(N)=O)c2[nH]c(=O)n(-c3cccc(OC)c3OC)c2n1. The molecule has 0 radical (unpaired) electrons. The van der Waals surface area contributed by atoms with E-state index in [1.165, 1.54) is 18.8 Å². The maximum atomic E-state index is 12.8. The van der Waals surface area contributed by atoms with Gasteiger partial charge in [0.15, 0.2) is 22.8 Å². The summed E-state index contributed by atoms with van der Waals surface area (Å²) in [6.07, 6.45) is 1.76. The van der Waals surface area contributed by atoms with Crippen LogP contribution in [0.3, 0.4) is 0 Å². The zero-order valence-electron chi connectivity index (χ0n) is 16.3. The van der Waals surface area contributed by atoms with Crippen molar-refractivity contribution in [2.75, 3.05) is 14.2 Å². The lowest BCUT2D eigenvalue weighted by atomic mass is 10.1. The van der Waals surface area contributed by atoms with Crippen molar-refractivity contribution in [2.45, 2.75) is 32.6 Å². The molecule has 3 aromatic rings. The molecule has 1 aromatic carbocycles. The van der Waals surface area contributed by atoms with Crippen LogP contribution in [0.2, 0.25) is 0 Å². The Kier molecular flexibility index (Phi) is 5.34. The van der Waals surface area contributed by atoms with Gasteiger partial charge in [-0.3, -0.25) is 4.79 Å². The number of nitrogens with two attached hydrogens (primary N) is 1. The van der Waals surface area contributed by atoms with Crippen LogP contribution in [-0.4, -0.2) is 39.6 Å². The van der Waals surface area contributed by atoms with E-state index in [-0.39, 0.29) is 22.8 Å². The summed E-state index contributed by atoms with van der Waals surface area (Å²) in [4.78, 5) is 36.3. The highest BCUT2D eigenvalue weighted by Gasteiger charge is 2.23. The van der Waals surface area contributed by atoms with Crippen molar-refractivity contribution in [1.82, 2.24) is 19.5 Å². The highest BCUT2D eigenvalue weighted by Crippen LogP contribution is 2.34. The van der Waals surface area contributed by atoms with Gasteiger partial charge in [-0.1, -0.05) is 26.3 Å². The smallest absolute Gasteiger partial charge is 0.332 e. The molecule has 1 amide bonds. The molecule has 0 unspecified atom stereocenters. The topological polar surface area (TPSA) is 125 Å². The molecule has 2 heterocycles. The summed E-state index contributed by atoms with van der Waals surface area (Å²) in [6.45, 7) is 4.02. The molecule has 9 heteroatoms. The van der Waals surface area contributed by atoms with Crippen LogP contribution in [0, 0.1) is 0 Å². The standard InChI is InChI=1S/C19H23N5O4/c1-5-7-10(2)17-21-13(16(20)25)14-18(23-17)24(19(26)22-14)11-8-6-9-12(27-3)15(11)28-4/h6,8-10H,5,7H2,1-4H3,(H2,20,25)(H,22,26)/t10-/m1/s1. The van der Waals surface area contributed by atoms with Crippen LogP contribution in [0.5, 0.6) is 11.5 Å². The van der Waals surface area contributed by atoms with Crippen molar-refractivity contribution in [2.24, 2.45) is 5.73 Å². The first kappa shape index (κ1) is 19.4. The minimum absolute atomic E-state index is 0.00171. The van der Waals surface area contributed by atoms with E-state index in [4.69, 9.17) is 15.2 Å². The Morgan fingerprint density at radius 2 is 2.04 bits per heavy atom. The van der Waals surface area contributed by atoms with Crippen molar-refractivity contribution in [3.63, 3.8) is 0 Å². The molecular formula is C19H23N5O4. The summed E-state index contributed by atoms with van der Waals surface area (Å²) in [5.74, 6) is 0.555. The number of nitrogens with zero attached hydrogens (tertiary/aromatic N) is 3. The van der Waals surface area contributed by atoms with E-state index in [2.05, 4.69) is 21.9 Å². The molecule has 2 aromatic heterocycles. The predicted octanol–water partition coefficient (Wildman–Crippen LogP) is 2.13. The van der Waals surface area contributed by atoms with Crippen molar-refractivity contribution in [3.05, 3.63) is 40.2 Å². The predicted molar refractivity (Wildman–Crippen MR) is 104 cm³/mol. The molecule has 9 nitrogen and oxygen atoms in total. The molecule has 0 bridgehead atoms. The third kappa shape index (κ3) is 3.19. The minimum Gasteiger partial charge on any atom is -0.493 e. The van der Waals surface area contributed by atoms with E-state index in [0.29, 0.717) is 23.0 Å². The van der Waals surface area contributed by atoms with Gasteiger partial charge < -0.3 is 20.2 Å². The molecule has 0 saturated carbocycles. The van der Waals surface area contributed by atoms with Gasteiger partial charge in [-0.25, -0.2) is 19.3 Å². The lowest BCUT2D eigenvalue weighted by Crippen LogP contribution is -2.17. The van der Waals surface area contributed by atoms with Crippen molar-refractivity contribution in [1.29, 1.82) is 0 Å². The molecule has 0 aliphatic heterocycles. The number of imidazole rings is 1. The molecule has 3 rings (SSSR count). The van der Waals surface area contributed by atoms with E-state index >= 15 is 0 Å². The Labute approximate surface area is 161 Å². The number of carbonyl (C=O) groups is 1. The van der Waals surface area contributed by atoms with Crippen LogP contribution >= 0.6 is 0 Å². The molecule has 0 fully saturated rings. The van der Waals surface area contributed by atoms with Gasteiger partial charge in [0.1, 0.15) is 11.3 Å². The maximum Gasteiger partial charge on any atom is 0.332 e. The van der Waals surface area contributed by atoms with Gasteiger partial charge in [-0.05, 0) is 18.6 Å². The van der Waals surface area contributed by atoms with Gasteiger partial charge >= 0.3 is 5.69 Å². The van der Waals surface area contributed by atoms with Gasteiger partial charge in [-0.15, -0.1) is 0 Å². The normalized spacial score (nSPS) is 12.1. The Hall–Kier alpha value is -3.36. The number of benzene rings is 1. The minimum atomic E-state index is -0.733. The molecule has 0 aliphatic rings. The van der Waals surface area contributed by atoms with Crippen molar-refractivity contribution in [3.8, 4) is 17.2 Å². The number of hydrogen-bond acceptors (Lipinski definition) is 6. The highest BCUT2D eigenvalue weighted by molar-refractivity contribution is 6.01. The van der Waals surface area contributed by atoms with Crippen molar-refractivity contribution >= 4 is 17.1 Å². The monoisotopic (exact) mass is 385 g/mol. The fourth-order valence-corrected chi connectivity index (χ4v) is 3.23. The van der Waals surface area contributed by atoms with Crippen LogP contribution in [0.25, 0.3) is 16.9 Å². The lowest BCUT2D eigenvalue weighted by Gasteiger charge is -2.14. The van der Waals surface area contributed by atoms with Crippen molar-refractivity contribution < 1.29 is 14.3 Å². The largest absolute Gasteiger partial charge is 0.493 e. The summed E-state index contributed by atoms with van der Waals surface area (Å²) in [5, 5.41) is 0. The molecule has 0 saturated heterocycles. The number of hydrogen-bond donors (Lipinski definition) is 2. The third-order valence-electron chi connectivity index (χ3n) is 4.57. The Morgan fingerprint density at radius 3 is 2.64 bits per heavy atom. The molecule has 148 valence electrons. The van der Waals surface area contributed by atoms with Crippen LogP contribution in [0.15, 0.2) is 23.0 Å². The van der Waals surface area contributed by atoms with Crippen LogP contribution in [-0.2, 0) is 0 Å². The number of ether oxygens (including phenoxy) is 2. The maximum absolute atomic E-state index is 12.8. The first-order valence-corrected chi connectivity index (χ1v) is 8.96. The summed E-state index contributed by atoms with van der Waals surface area (Å²) >= 11 is 0. The van der Waals surface area contributed by atoms with E-state index in [0.717, 1.165) is 12.8 Å². The second kappa shape index (κ2) is 7.71. The summed E-state index contributed by atoms with van der Waals surface area (Å²) in [7, 11) is 3.00. The Morgan fingerprint density at radius 1 is 1.29 bits per heavy atom. The molecule has 3 N–H and O–H groups in total. The summed E-state index contributed by atoms with van der Waals surface area (Å²) < 4.78 is 12.1. The molecular weight excluding hydrogens is 362 g/mol. The van der Waals surface area contributed by atoms with Gasteiger partial charge in [0.05, 0.1) is 19.9 Å². The van der Waals surface area contributed by atoms with E-state index in [1.807, 2.05) is 6.92 Å². The second-order valence-electron chi connectivity index (χ2n) is 6.46. The number of rotatable bonds is 7. The quantitative estimate of drug-likeness (QED) is 0.642. The molecule has 28 heavy (non-hydrogen) atoms. The number of methoxy groups -OCH3 is 2. The molecule has 1 atom stereocenters. The first-order chi connectivity index (χ1) is 13.4. The summed E-state index contributed by atoms with van der Waals surface area (Å²) in [6, 6.07) is 5.16. The number of aromatic nitrogens is 4. The van der Waals surface area contributed by atoms with Gasteiger partial charge in [0.2, 0.25) is 0 Å². The third-order valence-corrected chi connectivity index (χ3v) is 4.57. The lowest BCUT2D eigenvalue weighted by molar-refractivity contribution is 0.0996. The van der Waals surface area contributed by atoms with Crippen LogP contribution in [0.4, 0.5) is 0 Å². The second-order valence-corrected chi connectivity index (χ2v) is 6.46. The number of H-pyrrole nitrogens is 1. The van der Waals surface area contributed by atoms with E-state index in [9.17, 15) is 9.59 Å². The molecule has 0 aliphatic carbocycles. The zero-order valence-corrected chi connectivity index (χ0v) is 16.3. The molecule has 0 spiro atoms. The summed E-state index contributed by atoms with van der Waals surface area (Å²) in [5.41, 5.74) is 5.90. The van der Waals surface area contributed by atoms with Gasteiger partial charge in [-0.2, -0.15) is 0 Å². The van der Waals surface area contributed by atoms with E-state index in [1.54, 1.807) is 18.2 Å². The number of nitrogens with one attached hydrogen (secondary N) is 1. The van der Waals surface area contributed by atoms with Gasteiger partial charge in [0.25, 0.3) is 5.91 Å². The zero-order chi connectivity index (χ0) is 20.4. The Balaban J connectivity index is 2.38. The van der Waals surface area contributed by atoms with E-state index < -0.39 is 11.6 Å². The fourth-order valence-electron chi connectivity index (χ4n) is 3.23. The Bertz CT molecular complexity index is 1090. The number of amides is 1.